The predicted octanol–water partition coefficient (Wildman–Crippen LogP) is 0.451. The average molecular weight is 710 g/mol. The second-order valence-corrected chi connectivity index (χ2v) is 15.8. The molecule has 3 saturated heterocycles. The molecule has 3 fully saturated rings. The minimum absolute atomic E-state index is 0.0840. The number of nitrogens with two attached hydrogens (primary N) is 2. The molecule has 7 N–H and O–H groups in total. The second-order valence-electron chi connectivity index (χ2n) is 10.2. The van der Waals surface area contributed by atoms with Crippen LogP contribution in [0.5, 0.6) is 0 Å². The standard InChI is InChI=1S/C21H23F2N9O9P2S2/c22-10-8-3-36-42(34,44)40-13-9(39-19(11(13)23)31-2-1-7-15(24)26-5-27-16(7)31)4-37-43(35,45)41-14(10)20(38-8)32-6-28-12-17(32)29-21(25)30-18(12)33/h1-2,5-6,8-11,13-14,19-20H,3-4H2,(H,34,44)(H,35,45)(H2,24,26,27)(H3,25,29,30,33)/t8-,9-,10-,11+,13-,14-,19-,20-,42?,43?/m1/s1. The van der Waals surface area contributed by atoms with Gasteiger partial charge in [0.25, 0.3) is 5.56 Å². The molecule has 242 valence electrons. The molecule has 0 spiro atoms. The molecule has 4 aromatic heterocycles. The third kappa shape index (κ3) is 5.57. The molecule has 24 heteroatoms. The van der Waals surface area contributed by atoms with Crippen LogP contribution in [-0.2, 0) is 51.2 Å². The zero-order chi connectivity index (χ0) is 31.8. The molecule has 2 unspecified atom stereocenters. The lowest BCUT2D eigenvalue weighted by Gasteiger charge is -2.27. The fourth-order valence-corrected chi connectivity index (χ4v) is 8.21. The molecule has 0 saturated carbocycles. The first-order chi connectivity index (χ1) is 21.3. The van der Waals surface area contributed by atoms with Crippen molar-refractivity contribution in [1.29, 1.82) is 0 Å². The molecule has 7 rings (SSSR count). The third-order valence-electron chi connectivity index (χ3n) is 7.38. The fraction of sp³-hybridized carbons (Fsp3) is 0.476. The number of H-pyrrole nitrogens is 1. The molecule has 7 heterocycles. The highest BCUT2D eigenvalue weighted by atomic mass is 32.5. The predicted molar refractivity (Wildman–Crippen MR) is 157 cm³/mol. The van der Waals surface area contributed by atoms with E-state index in [-0.39, 0.29) is 28.6 Å². The lowest BCUT2D eigenvalue weighted by Crippen LogP contribution is -2.34. The van der Waals surface area contributed by atoms with Gasteiger partial charge in [-0.2, -0.15) is 4.98 Å². The number of fused-ring (bicyclic) bond motifs is 5. The number of imidazole rings is 1. The van der Waals surface area contributed by atoms with Gasteiger partial charge in [-0.25, -0.2) is 23.7 Å². The molecule has 3 aliphatic rings. The van der Waals surface area contributed by atoms with Crippen LogP contribution < -0.4 is 17.0 Å². The number of ether oxygens (including phenoxy) is 2. The summed E-state index contributed by atoms with van der Waals surface area (Å²) < 4.78 is 68.1. The summed E-state index contributed by atoms with van der Waals surface area (Å²) in [7, 11) is 0. The van der Waals surface area contributed by atoms with E-state index in [9.17, 15) is 14.6 Å². The number of anilines is 2. The van der Waals surface area contributed by atoms with Crippen molar-refractivity contribution in [3.63, 3.8) is 0 Å². The Morgan fingerprint density at radius 2 is 1.62 bits per heavy atom. The number of aromatic nitrogens is 7. The van der Waals surface area contributed by atoms with Crippen LogP contribution in [0, 0.1) is 0 Å². The zero-order valence-electron chi connectivity index (χ0n) is 22.4. The van der Waals surface area contributed by atoms with Crippen LogP contribution in [0.2, 0.25) is 0 Å². The van der Waals surface area contributed by atoms with Crippen molar-refractivity contribution in [3.05, 3.63) is 35.3 Å². The van der Waals surface area contributed by atoms with Gasteiger partial charge >= 0.3 is 13.4 Å². The quantitative estimate of drug-likeness (QED) is 0.177. The molecule has 10 atom stereocenters. The summed E-state index contributed by atoms with van der Waals surface area (Å²) in [6, 6.07) is 1.57. The Hall–Kier alpha value is -2.59. The van der Waals surface area contributed by atoms with Crippen LogP contribution >= 0.6 is 13.4 Å². The van der Waals surface area contributed by atoms with E-state index in [1.807, 2.05) is 0 Å². The van der Waals surface area contributed by atoms with Gasteiger partial charge < -0.3 is 44.3 Å². The number of nitrogens with one attached hydrogen (secondary N) is 1. The maximum Gasteiger partial charge on any atom is 0.325 e. The van der Waals surface area contributed by atoms with Crippen molar-refractivity contribution >= 4 is 71.0 Å². The summed E-state index contributed by atoms with van der Waals surface area (Å²) in [5.74, 6) is -0.0978. The number of hydrogen-bond acceptors (Lipinski definition) is 15. The largest absolute Gasteiger partial charge is 0.383 e. The topological polar surface area (TPSA) is 242 Å². The number of nitrogen functional groups attached to an aromatic ring is 2. The summed E-state index contributed by atoms with van der Waals surface area (Å²) >= 11 is 10.3. The van der Waals surface area contributed by atoms with Crippen molar-refractivity contribution in [2.75, 3.05) is 24.7 Å². The molecule has 2 bridgehead atoms. The Bertz CT molecular complexity index is 1950. The summed E-state index contributed by atoms with van der Waals surface area (Å²) in [4.78, 5) is 52.6. The van der Waals surface area contributed by atoms with Gasteiger partial charge in [0.05, 0.1) is 24.9 Å². The maximum absolute atomic E-state index is 16.0. The maximum atomic E-state index is 16.0. The summed E-state index contributed by atoms with van der Waals surface area (Å²) in [6.07, 6.45) is -9.17. The summed E-state index contributed by atoms with van der Waals surface area (Å²) in [6.45, 7) is -9.97. The fourth-order valence-electron chi connectivity index (χ4n) is 5.37. The molecule has 18 nitrogen and oxygen atoms in total. The highest BCUT2D eigenvalue weighted by Gasteiger charge is 2.53. The highest BCUT2D eigenvalue weighted by Crippen LogP contribution is 2.54. The molecule has 4 aromatic rings. The first kappa shape index (κ1) is 31.0. The number of nitrogens with zero attached hydrogens (tertiary/aromatic N) is 6. The summed E-state index contributed by atoms with van der Waals surface area (Å²) in [5.41, 5.74) is 10.9. The first-order valence-electron chi connectivity index (χ1n) is 13.0. The van der Waals surface area contributed by atoms with E-state index >= 15 is 8.78 Å². The van der Waals surface area contributed by atoms with Crippen molar-refractivity contribution in [2.45, 2.75) is 49.2 Å². The SMILES string of the molecule is Nc1nc2c(ncn2[C@@H]2O[C@@H]3COP(O)(=S)O[C@H]4[C@H](F)[C@H](n5ccc6c(N)ncnc65)O[C@@H]4COP(O)(=S)O[C@@H]2[C@@H]3F)c(=O)[nH]1. The molecule has 0 amide bonds. The van der Waals surface area contributed by atoms with E-state index in [0.717, 1.165) is 10.9 Å². The van der Waals surface area contributed by atoms with Gasteiger partial charge in [-0.05, 0) is 29.7 Å². The smallest absolute Gasteiger partial charge is 0.325 e. The Morgan fingerprint density at radius 1 is 0.933 bits per heavy atom. The van der Waals surface area contributed by atoms with Crippen molar-refractivity contribution in [3.8, 4) is 0 Å². The van der Waals surface area contributed by atoms with Crippen molar-refractivity contribution in [1.82, 2.24) is 34.1 Å². The van der Waals surface area contributed by atoms with Crippen LogP contribution in [0.3, 0.4) is 0 Å². The van der Waals surface area contributed by atoms with E-state index < -0.39 is 81.4 Å². The monoisotopic (exact) mass is 709 g/mol. The number of aromatic amines is 1. The third-order valence-corrected chi connectivity index (χ3v) is 10.5. The highest BCUT2D eigenvalue weighted by molar-refractivity contribution is 8.07. The molecule has 0 aliphatic carbocycles. The molecular formula is C21H23F2N9O9P2S2. The Balaban J connectivity index is 1.21. The van der Waals surface area contributed by atoms with Gasteiger partial charge in [0.15, 0.2) is 36.0 Å². The normalized spacial score (nSPS) is 37.7. The number of alkyl halides is 2. The Morgan fingerprint density at radius 3 is 2.38 bits per heavy atom. The van der Waals surface area contributed by atoms with Crippen molar-refractivity contribution < 1.29 is 46.1 Å². The first-order valence-corrected chi connectivity index (χ1v) is 18.2. The number of halogens is 2. The van der Waals surface area contributed by atoms with Gasteiger partial charge in [-0.3, -0.25) is 23.4 Å². The van der Waals surface area contributed by atoms with Crippen molar-refractivity contribution in [2.24, 2.45) is 0 Å². The van der Waals surface area contributed by atoms with Crippen LogP contribution in [-0.4, -0.2) is 93.8 Å². The van der Waals surface area contributed by atoms with E-state index in [0.29, 0.717) is 5.39 Å². The van der Waals surface area contributed by atoms with Crippen LogP contribution in [0.4, 0.5) is 20.5 Å². The van der Waals surface area contributed by atoms with Crippen LogP contribution in [0.15, 0.2) is 29.7 Å². The van der Waals surface area contributed by atoms with Crippen LogP contribution in [0.25, 0.3) is 22.2 Å². The molecule has 3 aliphatic heterocycles. The van der Waals surface area contributed by atoms with Gasteiger partial charge in [-0.1, -0.05) is 0 Å². The van der Waals surface area contributed by atoms with Gasteiger partial charge in [0.1, 0.15) is 42.2 Å². The zero-order valence-corrected chi connectivity index (χ0v) is 25.8. The van der Waals surface area contributed by atoms with E-state index in [4.69, 9.17) is 62.6 Å². The van der Waals surface area contributed by atoms with Crippen LogP contribution in [0.1, 0.15) is 12.5 Å². The second kappa shape index (κ2) is 11.3. The minimum atomic E-state index is -4.34. The molecular weight excluding hydrogens is 686 g/mol. The lowest BCUT2D eigenvalue weighted by atomic mass is 10.1. The van der Waals surface area contributed by atoms with E-state index in [1.54, 1.807) is 6.07 Å². The number of hydrogen-bond donors (Lipinski definition) is 5. The van der Waals surface area contributed by atoms with E-state index in [2.05, 4.69) is 24.9 Å². The Kier molecular flexibility index (Phi) is 7.78. The van der Waals surface area contributed by atoms with Gasteiger partial charge in [0, 0.05) is 6.20 Å². The summed E-state index contributed by atoms with van der Waals surface area (Å²) in [5, 5.41) is 0.432. The average Bonchev–Trinajstić information content (AvgIpc) is 3.72. The molecule has 45 heavy (non-hydrogen) atoms. The van der Waals surface area contributed by atoms with Gasteiger partial charge in [0.2, 0.25) is 5.95 Å². The number of rotatable bonds is 2. The lowest BCUT2D eigenvalue weighted by molar-refractivity contribution is -0.0598. The molecule has 0 radical (unpaired) electrons. The minimum Gasteiger partial charge on any atom is -0.383 e. The van der Waals surface area contributed by atoms with E-state index in [1.165, 1.54) is 17.1 Å². The van der Waals surface area contributed by atoms with Gasteiger partial charge in [-0.15, -0.1) is 0 Å². The molecule has 0 aromatic carbocycles. The Labute approximate surface area is 260 Å².